The Labute approximate surface area is 146 Å². The minimum Gasteiger partial charge on any atom is -0.253 e. The number of fused-ring (bicyclic) bond motifs is 1. The lowest BCUT2D eigenvalue weighted by molar-refractivity contribution is 0.618. The monoisotopic (exact) mass is 330 g/mol. The van der Waals surface area contributed by atoms with Gasteiger partial charge in [0, 0.05) is 12.4 Å². The van der Waals surface area contributed by atoms with Crippen molar-refractivity contribution in [2.24, 2.45) is 5.92 Å². The Morgan fingerprint density at radius 3 is 2.52 bits per heavy atom. The van der Waals surface area contributed by atoms with Gasteiger partial charge in [-0.25, -0.2) is 4.39 Å². The summed E-state index contributed by atoms with van der Waals surface area (Å²) in [5.74, 6) is 0.302. The first kappa shape index (κ1) is 15.7. The number of benzene rings is 2. The first-order valence-electron chi connectivity index (χ1n) is 8.51. The molecule has 1 aliphatic rings. The molecule has 0 spiro atoms. The largest absolute Gasteiger partial charge is 0.253 e. The van der Waals surface area contributed by atoms with E-state index in [2.05, 4.69) is 41.2 Å². The summed E-state index contributed by atoms with van der Waals surface area (Å²) in [5.41, 5.74) is 7.08. The van der Waals surface area contributed by atoms with Crippen LogP contribution in [-0.2, 0) is 0 Å². The minimum atomic E-state index is -0.161. The summed E-state index contributed by atoms with van der Waals surface area (Å²) >= 11 is 0. The fourth-order valence-electron chi connectivity index (χ4n) is 3.37. The Kier molecular flexibility index (Phi) is 3.92. The van der Waals surface area contributed by atoms with Gasteiger partial charge >= 0.3 is 0 Å². The Hall–Kier alpha value is -2.81. The standard InChI is InChI=1S/C22H19FN2/c1-14-3-6-18(17-5-8-21-22(13-17)25-10-9-24-21)19(11-14)16-4-7-20(23)15(2)12-16/h3-10,12-14H,11H2,1-2H3. The molecule has 0 saturated heterocycles. The molecule has 4 rings (SSSR count). The van der Waals surface area contributed by atoms with Crippen molar-refractivity contribution in [2.45, 2.75) is 20.3 Å². The smallest absolute Gasteiger partial charge is 0.126 e. The van der Waals surface area contributed by atoms with Gasteiger partial charge in [-0.3, -0.25) is 9.97 Å². The Morgan fingerprint density at radius 2 is 1.72 bits per heavy atom. The van der Waals surface area contributed by atoms with Crippen LogP contribution in [-0.4, -0.2) is 9.97 Å². The summed E-state index contributed by atoms with van der Waals surface area (Å²) in [5, 5.41) is 0. The number of allylic oxidation sites excluding steroid dienone is 4. The summed E-state index contributed by atoms with van der Waals surface area (Å²) in [7, 11) is 0. The first-order valence-corrected chi connectivity index (χ1v) is 8.51. The molecule has 1 atom stereocenters. The van der Waals surface area contributed by atoms with E-state index in [4.69, 9.17) is 0 Å². The molecule has 1 aliphatic carbocycles. The van der Waals surface area contributed by atoms with Gasteiger partial charge in [0.05, 0.1) is 11.0 Å². The van der Waals surface area contributed by atoms with Crippen molar-refractivity contribution in [3.05, 3.63) is 83.5 Å². The molecular weight excluding hydrogens is 311 g/mol. The van der Waals surface area contributed by atoms with Crippen molar-refractivity contribution in [3.63, 3.8) is 0 Å². The Morgan fingerprint density at radius 1 is 0.960 bits per heavy atom. The van der Waals surface area contributed by atoms with Crippen molar-refractivity contribution in [1.29, 1.82) is 0 Å². The van der Waals surface area contributed by atoms with Crippen LogP contribution in [0.25, 0.3) is 22.2 Å². The molecule has 1 aromatic heterocycles. The fraction of sp³-hybridized carbons (Fsp3) is 0.182. The van der Waals surface area contributed by atoms with Crippen LogP contribution in [0, 0.1) is 18.7 Å². The molecule has 0 saturated carbocycles. The Bertz CT molecular complexity index is 1020. The maximum absolute atomic E-state index is 13.7. The number of aromatic nitrogens is 2. The Balaban J connectivity index is 1.90. The zero-order valence-electron chi connectivity index (χ0n) is 14.3. The zero-order chi connectivity index (χ0) is 17.4. The lowest BCUT2D eigenvalue weighted by atomic mass is 9.83. The number of hydrogen-bond donors (Lipinski definition) is 0. The van der Waals surface area contributed by atoms with Gasteiger partial charge in [0.2, 0.25) is 0 Å². The minimum absolute atomic E-state index is 0.161. The van der Waals surface area contributed by atoms with Gasteiger partial charge in [0.1, 0.15) is 5.82 Å². The quantitative estimate of drug-likeness (QED) is 0.612. The molecule has 0 fully saturated rings. The summed E-state index contributed by atoms with van der Waals surface area (Å²) in [6.07, 6.45) is 8.77. The van der Waals surface area contributed by atoms with Gasteiger partial charge in [0.15, 0.2) is 0 Å². The zero-order valence-corrected chi connectivity index (χ0v) is 14.3. The van der Waals surface area contributed by atoms with Crippen molar-refractivity contribution in [2.75, 3.05) is 0 Å². The average molecular weight is 330 g/mol. The van der Waals surface area contributed by atoms with E-state index in [0.717, 1.165) is 28.6 Å². The van der Waals surface area contributed by atoms with E-state index in [1.807, 2.05) is 25.1 Å². The van der Waals surface area contributed by atoms with Gasteiger partial charge in [-0.2, -0.15) is 0 Å². The third-order valence-electron chi connectivity index (χ3n) is 4.73. The third kappa shape index (κ3) is 2.98. The van der Waals surface area contributed by atoms with E-state index < -0.39 is 0 Å². The SMILES string of the molecule is Cc1cc(C2=C(c3ccc4nccnc4c3)C=CC(C)C2)ccc1F. The van der Waals surface area contributed by atoms with Crippen LogP contribution < -0.4 is 0 Å². The second kappa shape index (κ2) is 6.25. The molecule has 1 heterocycles. The molecule has 3 heteroatoms. The van der Waals surface area contributed by atoms with Gasteiger partial charge in [0.25, 0.3) is 0 Å². The topological polar surface area (TPSA) is 25.8 Å². The van der Waals surface area contributed by atoms with Gasteiger partial charge in [-0.1, -0.05) is 31.2 Å². The number of nitrogens with zero attached hydrogens (tertiary/aromatic N) is 2. The summed E-state index contributed by atoms with van der Waals surface area (Å²) in [4.78, 5) is 8.76. The van der Waals surface area contributed by atoms with Crippen molar-refractivity contribution < 1.29 is 4.39 Å². The molecule has 2 nitrogen and oxygen atoms in total. The van der Waals surface area contributed by atoms with Gasteiger partial charge in [-0.05, 0) is 71.4 Å². The van der Waals surface area contributed by atoms with Crippen molar-refractivity contribution in [3.8, 4) is 0 Å². The fourth-order valence-corrected chi connectivity index (χ4v) is 3.37. The molecule has 25 heavy (non-hydrogen) atoms. The van der Waals surface area contributed by atoms with Crippen LogP contribution in [0.5, 0.6) is 0 Å². The van der Waals surface area contributed by atoms with E-state index in [0.29, 0.717) is 11.5 Å². The highest BCUT2D eigenvalue weighted by Crippen LogP contribution is 2.37. The molecule has 0 bridgehead atoms. The summed E-state index contributed by atoms with van der Waals surface area (Å²) in [6, 6.07) is 11.5. The van der Waals surface area contributed by atoms with Crippen LogP contribution >= 0.6 is 0 Å². The predicted octanol–water partition coefficient (Wildman–Crippen LogP) is 5.58. The maximum Gasteiger partial charge on any atom is 0.126 e. The molecule has 0 aliphatic heterocycles. The molecule has 2 aromatic carbocycles. The van der Waals surface area contributed by atoms with Gasteiger partial charge < -0.3 is 0 Å². The van der Waals surface area contributed by atoms with Crippen LogP contribution in [0.2, 0.25) is 0 Å². The highest BCUT2D eigenvalue weighted by atomic mass is 19.1. The number of hydrogen-bond acceptors (Lipinski definition) is 2. The maximum atomic E-state index is 13.7. The van der Waals surface area contributed by atoms with Gasteiger partial charge in [-0.15, -0.1) is 0 Å². The number of aryl methyl sites for hydroxylation is 1. The predicted molar refractivity (Wildman–Crippen MR) is 100 cm³/mol. The average Bonchev–Trinajstić information content (AvgIpc) is 2.63. The second-order valence-electron chi connectivity index (χ2n) is 6.66. The number of halogens is 1. The van der Waals surface area contributed by atoms with E-state index in [-0.39, 0.29) is 5.82 Å². The summed E-state index contributed by atoms with van der Waals surface area (Å²) in [6.45, 7) is 4.02. The highest BCUT2D eigenvalue weighted by Gasteiger charge is 2.17. The molecule has 1 unspecified atom stereocenters. The lowest BCUT2D eigenvalue weighted by Gasteiger charge is -2.21. The molecule has 0 N–H and O–H groups in total. The number of rotatable bonds is 2. The van der Waals surface area contributed by atoms with Crippen molar-refractivity contribution in [1.82, 2.24) is 9.97 Å². The van der Waals surface area contributed by atoms with E-state index in [9.17, 15) is 4.39 Å². The van der Waals surface area contributed by atoms with E-state index in [1.54, 1.807) is 18.5 Å². The molecule has 124 valence electrons. The van der Waals surface area contributed by atoms with Crippen LogP contribution in [0.15, 0.2) is 60.9 Å². The third-order valence-corrected chi connectivity index (χ3v) is 4.73. The lowest BCUT2D eigenvalue weighted by Crippen LogP contribution is -2.02. The molecular formula is C22H19FN2. The van der Waals surface area contributed by atoms with Crippen LogP contribution in [0.1, 0.15) is 30.0 Å². The summed E-state index contributed by atoms with van der Waals surface area (Å²) < 4.78 is 13.7. The first-order chi connectivity index (χ1) is 12.1. The second-order valence-corrected chi connectivity index (χ2v) is 6.66. The van der Waals surface area contributed by atoms with E-state index >= 15 is 0 Å². The van der Waals surface area contributed by atoms with Crippen LogP contribution in [0.3, 0.4) is 0 Å². The molecule has 0 radical (unpaired) electrons. The van der Waals surface area contributed by atoms with Crippen molar-refractivity contribution >= 4 is 22.2 Å². The van der Waals surface area contributed by atoms with Crippen LogP contribution in [0.4, 0.5) is 4.39 Å². The highest BCUT2D eigenvalue weighted by molar-refractivity contribution is 5.98. The normalized spacial score (nSPS) is 17.3. The van der Waals surface area contributed by atoms with E-state index in [1.165, 1.54) is 11.1 Å². The molecule has 3 aromatic rings. The molecule has 0 amide bonds.